The second kappa shape index (κ2) is 35.9. The van der Waals surface area contributed by atoms with Crippen molar-refractivity contribution in [1.82, 2.24) is 5.32 Å². The fourth-order valence-corrected chi connectivity index (χ4v) is 7.19. The second-order valence-corrected chi connectivity index (χ2v) is 17.9. The zero-order valence-corrected chi connectivity index (χ0v) is 36.0. The predicted molar refractivity (Wildman–Crippen MR) is 222 cm³/mol. The molecule has 9 heteroatoms. The van der Waals surface area contributed by atoms with Gasteiger partial charge in [0.1, 0.15) is 13.2 Å². The Morgan fingerprint density at radius 2 is 1.02 bits per heavy atom. The van der Waals surface area contributed by atoms with E-state index < -0.39 is 20.0 Å². The van der Waals surface area contributed by atoms with Gasteiger partial charge in [-0.1, -0.05) is 193 Å². The monoisotopic (exact) mass is 760 g/mol. The minimum atomic E-state index is -4.32. The van der Waals surface area contributed by atoms with E-state index in [9.17, 15) is 19.4 Å². The molecular formula is C43H88N2O6P+. The van der Waals surface area contributed by atoms with E-state index >= 15 is 0 Å². The molecule has 3 unspecified atom stereocenters. The van der Waals surface area contributed by atoms with Crippen molar-refractivity contribution in [2.75, 3.05) is 40.9 Å². The predicted octanol–water partition coefficient (Wildman–Crippen LogP) is 12.0. The smallest absolute Gasteiger partial charge is 0.387 e. The normalized spacial score (nSPS) is 14.5. The first-order valence-electron chi connectivity index (χ1n) is 22.1. The lowest BCUT2D eigenvalue weighted by molar-refractivity contribution is -0.870. The van der Waals surface area contributed by atoms with Crippen molar-refractivity contribution >= 4 is 13.7 Å². The zero-order valence-electron chi connectivity index (χ0n) is 35.1. The summed E-state index contributed by atoms with van der Waals surface area (Å²) in [6, 6.07) is -0.838. The third kappa shape index (κ3) is 37.6. The molecule has 0 fully saturated rings. The Morgan fingerprint density at radius 3 is 1.42 bits per heavy atom. The summed E-state index contributed by atoms with van der Waals surface area (Å²) < 4.78 is 23.5. The maximum atomic E-state index is 12.8. The van der Waals surface area contributed by atoms with Gasteiger partial charge in [0.15, 0.2) is 0 Å². The molecule has 0 aliphatic rings. The van der Waals surface area contributed by atoms with Crippen LogP contribution in [0.4, 0.5) is 0 Å². The van der Waals surface area contributed by atoms with Gasteiger partial charge in [0.2, 0.25) is 5.91 Å². The van der Waals surface area contributed by atoms with Crippen LogP contribution in [0.3, 0.4) is 0 Å². The van der Waals surface area contributed by atoms with Crippen LogP contribution in [0, 0.1) is 0 Å². The molecule has 0 aromatic rings. The van der Waals surface area contributed by atoms with Crippen molar-refractivity contribution in [3.05, 3.63) is 12.2 Å². The number of likely N-dealkylation sites (N-methyl/N-ethyl adjacent to an activating group) is 1. The number of carbonyl (C=O) groups excluding carboxylic acids is 1. The number of aliphatic hydroxyl groups excluding tert-OH is 1. The first-order valence-corrected chi connectivity index (χ1v) is 23.6. The van der Waals surface area contributed by atoms with Crippen LogP contribution < -0.4 is 5.32 Å². The number of allylic oxidation sites excluding steroid dienone is 1. The van der Waals surface area contributed by atoms with E-state index in [1.807, 2.05) is 27.2 Å². The minimum Gasteiger partial charge on any atom is -0.387 e. The van der Waals surface area contributed by atoms with Crippen LogP contribution in [0.5, 0.6) is 0 Å². The molecule has 0 aliphatic carbocycles. The van der Waals surface area contributed by atoms with Gasteiger partial charge in [-0.3, -0.25) is 13.8 Å². The summed E-state index contributed by atoms with van der Waals surface area (Å²) in [4.78, 5) is 23.0. The van der Waals surface area contributed by atoms with Crippen LogP contribution in [-0.4, -0.2) is 73.4 Å². The molecule has 3 N–H and O–H groups in total. The number of amides is 1. The number of hydrogen-bond acceptors (Lipinski definition) is 5. The van der Waals surface area contributed by atoms with Crippen molar-refractivity contribution in [1.29, 1.82) is 0 Å². The summed E-state index contributed by atoms with van der Waals surface area (Å²) in [5.74, 6) is -0.176. The average molecular weight is 760 g/mol. The Balaban J connectivity index is 4.21. The lowest BCUT2D eigenvalue weighted by Crippen LogP contribution is -2.45. The number of phosphoric ester groups is 1. The van der Waals surface area contributed by atoms with E-state index in [1.54, 1.807) is 6.08 Å². The quantitative estimate of drug-likeness (QED) is 0.0249. The molecule has 0 spiro atoms. The Labute approximate surface area is 322 Å². The first-order chi connectivity index (χ1) is 25.0. The third-order valence-electron chi connectivity index (χ3n) is 10.0. The number of aliphatic hydroxyl groups is 1. The highest BCUT2D eigenvalue weighted by Gasteiger charge is 2.27. The Morgan fingerprint density at radius 1 is 0.635 bits per heavy atom. The fraction of sp³-hybridized carbons (Fsp3) is 0.930. The standard InChI is InChI=1S/C43H87N2O6P/c1-6-8-10-12-14-16-17-18-19-20-21-22-23-24-25-26-27-29-31-33-35-37-43(47)44-41(40-51-52(48,49)50-39-38-45(3,4)5)42(46)36-34-32-30-28-15-13-11-9-7-2/h34,36,41-42,46H,6-33,35,37-40H2,1-5H3,(H-,44,47,48,49)/p+1/b36-34+. The summed E-state index contributed by atoms with van der Waals surface area (Å²) in [5, 5.41) is 13.7. The van der Waals surface area contributed by atoms with Gasteiger partial charge in [0.25, 0.3) is 0 Å². The van der Waals surface area contributed by atoms with Gasteiger partial charge in [-0.05, 0) is 19.3 Å². The highest BCUT2D eigenvalue weighted by molar-refractivity contribution is 7.47. The second-order valence-electron chi connectivity index (χ2n) is 16.4. The molecule has 0 aromatic carbocycles. The Hall–Kier alpha value is -0.760. The molecule has 0 rings (SSSR count). The number of hydrogen-bond donors (Lipinski definition) is 3. The summed E-state index contributed by atoms with van der Waals surface area (Å²) >= 11 is 0. The molecule has 0 saturated carbocycles. The lowest BCUT2D eigenvalue weighted by Gasteiger charge is -2.25. The SMILES string of the molecule is CCCCCCCCC/C=C/C(O)C(COP(=O)(O)OCC[N+](C)(C)C)NC(=O)CCCCCCCCCCCCCCCCCCCCCCC. The van der Waals surface area contributed by atoms with Crippen LogP contribution in [0.1, 0.15) is 206 Å². The van der Waals surface area contributed by atoms with E-state index in [-0.39, 0.29) is 19.1 Å². The van der Waals surface area contributed by atoms with Gasteiger partial charge in [0, 0.05) is 6.42 Å². The molecular weight excluding hydrogens is 671 g/mol. The van der Waals surface area contributed by atoms with Crippen molar-refractivity contribution in [2.45, 2.75) is 219 Å². The maximum Gasteiger partial charge on any atom is 0.472 e. The topological polar surface area (TPSA) is 105 Å². The van der Waals surface area contributed by atoms with Gasteiger partial charge in [-0.25, -0.2) is 4.57 Å². The lowest BCUT2D eigenvalue weighted by atomic mass is 10.0. The van der Waals surface area contributed by atoms with Crippen molar-refractivity contribution in [3.63, 3.8) is 0 Å². The highest BCUT2D eigenvalue weighted by atomic mass is 31.2. The van der Waals surface area contributed by atoms with E-state index in [1.165, 1.54) is 148 Å². The number of phosphoric acid groups is 1. The molecule has 3 atom stereocenters. The first kappa shape index (κ1) is 51.2. The van der Waals surface area contributed by atoms with Crippen molar-refractivity contribution in [2.24, 2.45) is 0 Å². The van der Waals surface area contributed by atoms with Crippen LogP contribution in [-0.2, 0) is 18.4 Å². The van der Waals surface area contributed by atoms with E-state index in [4.69, 9.17) is 9.05 Å². The van der Waals surface area contributed by atoms with Gasteiger partial charge in [0.05, 0.1) is 39.9 Å². The van der Waals surface area contributed by atoms with Gasteiger partial charge in [-0.2, -0.15) is 0 Å². The zero-order chi connectivity index (χ0) is 38.6. The minimum absolute atomic E-state index is 0.0642. The Bertz CT molecular complexity index is 865. The van der Waals surface area contributed by atoms with E-state index in [0.717, 1.165) is 38.5 Å². The molecule has 0 radical (unpaired) electrons. The van der Waals surface area contributed by atoms with Gasteiger partial charge in [-0.15, -0.1) is 0 Å². The molecule has 8 nitrogen and oxygen atoms in total. The summed E-state index contributed by atoms with van der Waals surface area (Å²) in [6.07, 6.45) is 40.0. The molecule has 52 heavy (non-hydrogen) atoms. The van der Waals surface area contributed by atoms with Crippen LogP contribution in [0.25, 0.3) is 0 Å². The van der Waals surface area contributed by atoms with Crippen LogP contribution in [0.2, 0.25) is 0 Å². The molecule has 310 valence electrons. The van der Waals surface area contributed by atoms with Gasteiger partial charge >= 0.3 is 7.82 Å². The average Bonchev–Trinajstić information content (AvgIpc) is 3.09. The summed E-state index contributed by atoms with van der Waals surface area (Å²) in [7, 11) is 1.58. The maximum absolute atomic E-state index is 12.8. The highest BCUT2D eigenvalue weighted by Crippen LogP contribution is 2.43. The molecule has 0 aliphatic heterocycles. The molecule has 0 aromatic heterocycles. The number of rotatable bonds is 40. The van der Waals surface area contributed by atoms with Crippen molar-refractivity contribution < 1.29 is 32.9 Å². The number of nitrogens with zero attached hydrogens (tertiary/aromatic N) is 1. The fourth-order valence-electron chi connectivity index (χ4n) is 6.45. The molecule has 0 heterocycles. The number of nitrogens with one attached hydrogen (secondary N) is 1. The van der Waals surface area contributed by atoms with Crippen molar-refractivity contribution in [3.8, 4) is 0 Å². The molecule has 1 amide bonds. The third-order valence-corrected chi connectivity index (χ3v) is 11.0. The molecule has 0 bridgehead atoms. The largest absolute Gasteiger partial charge is 0.472 e. The van der Waals surface area contributed by atoms with Crippen LogP contribution >= 0.6 is 7.82 Å². The van der Waals surface area contributed by atoms with E-state index in [2.05, 4.69) is 19.2 Å². The summed E-state index contributed by atoms with van der Waals surface area (Å²) in [5.41, 5.74) is 0. The molecule has 0 saturated heterocycles. The number of unbranched alkanes of at least 4 members (excludes halogenated alkanes) is 27. The summed E-state index contributed by atoms with van der Waals surface area (Å²) in [6.45, 7) is 4.79. The van der Waals surface area contributed by atoms with E-state index in [0.29, 0.717) is 17.4 Å². The van der Waals surface area contributed by atoms with Crippen LogP contribution in [0.15, 0.2) is 12.2 Å². The van der Waals surface area contributed by atoms with Gasteiger partial charge < -0.3 is 19.8 Å². The Kier molecular flexibility index (Phi) is 35.4. The number of carbonyl (C=O) groups is 1. The number of quaternary nitrogens is 1.